The van der Waals surface area contributed by atoms with E-state index in [4.69, 9.17) is 19.5 Å². The molecule has 0 spiro atoms. The highest BCUT2D eigenvalue weighted by Crippen LogP contribution is 2.32. The lowest BCUT2D eigenvalue weighted by Gasteiger charge is -2.08. The Bertz CT molecular complexity index is 646. The van der Waals surface area contributed by atoms with Crippen LogP contribution in [0, 0.1) is 11.3 Å². The number of hydrogen-bond acceptors (Lipinski definition) is 4. The smallest absolute Gasteiger partial charge is 0.231 e. The van der Waals surface area contributed by atoms with Gasteiger partial charge in [-0.2, -0.15) is 5.26 Å². The van der Waals surface area contributed by atoms with Crippen LogP contribution in [0.5, 0.6) is 17.2 Å². The molecular weight excluding hydrogens is 242 g/mol. The highest BCUT2D eigenvalue weighted by molar-refractivity contribution is 5.45. The minimum Gasteiger partial charge on any atom is -0.488 e. The fourth-order valence-electron chi connectivity index (χ4n) is 1.88. The van der Waals surface area contributed by atoms with Gasteiger partial charge >= 0.3 is 0 Å². The van der Waals surface area contributed by atoms with Gasteiger partial charge in [0.2, 0.25) is 6.79 Å². The molecule has 0 amide bonds. The Balaban J connectivity index is 1.74. The number of rotatable bonds is 3. The van der Waals surface area contributed by atoms with E-state index in [0.29, 0.717) is 17.9 Å². The van der Waals surface area contributed by atoms with Crippen molar-refractivity contribution in [1.82, 2.24) is 0 Å². The topological polar surface area (TPSA) is 51.5 Å². The van der Waals surface area contributed by atoms with Crippen molar-refractivity contribution in [2.75, 3.05) is 6.79 Å². The van der Waals surface area contributed by atoms with Crippen molar-refractivity contribution in [3.8, 4) is 23.3 Å². The molecule has 4 heteroatoms. The summed E-state index contributed by atoms with van der Waals surface area (Å²) < 4.78 is 16.2. The predicted molar refractivity (Wildman–Crippen MR) is 68.1 cm³/mol. The Morgan fingerprint density at radius 1 is 1.11 bits per heavy atom. The van der Waals surface area contributed by atoms with E-state index < -0.39 is 0 Å². The molecule has 1 aliphatic rings. The maximum atomic E-state index is 8.98. The third kappa shape index (κ3) is 2.31. The average Bonchev–Trinajstić information content (AvgIpc) is 2.93. The average molecular weight is 253 g/mol. The SMILES string of the molecule is N#Cc1ccccc1OCc1ccc2c(c1)OCO2. The van der Waals surface area contributed by atoms with E-state index in [9.17, 15) is 0 Å². The molecule has 94 valence electrons. The van der Waals surface area contributed by atoms with Crippen LogP contribution in [0.2, 0.25) is 0 Å². The van der Waals surface area contributed by atoms with Crippen LogP contribution in [0.25, 0.3) is 0 Å². The summed E-state index contributed by atoms with van der Waals surface area (Å²) in [7, 11) is 0. The molecule has 2 aromatic rings. The summed E-state index contributed by atoms with van der Waals surface area (Å²) in [6.45, 7) is 0.645. The fourth-order valence-corrected chi connectivity index (χ4v) is 1.88. The van der Waals surface area contributed by atoms with E-state index >= 15 is 0 Å². The van der Waals surface area contributed by atoms with Crippen molar-refractivity contribution in [2.24, 2.45) is 0 Å². The van der Waals surface area contributed by atoms with Crippen molar-refractivity contribution in [2.45, 2.75) is 6.61 Å². The number of nitriles is 1. The Kier molecular flexibility index (Phi) is 2.95. The van der Waals surface area contributed by atoms with Crippen molar-refractivity contribution in [3.05, 3.63) is 53.6 Å². The first-order chi connectivity index (χ1) is 9.36. The monoisotopic (exact) mass is 253 g/mol. The highest BCUT2D eigenvalue weighted by atomic mass is 16.7. The van der Waals surface area contributed by atoms with Gasteiger partial charge in [-0.1, -0.05) is 18.2 Å². The Labute approximate surface area is 110 Å². The third-order valence-electron chi connectivity index (χ3n) is 2.84. The molecule has 0 bridgehead atoms. The number of para-hydroxylation sites is 1. The lowest BCUT2D eigenvalue weighted by Crippen LogP contribution is -1.97. The Morgan fingerprint density at radius 2 is 1.95 bits per heavy atom. The van der Waals surface area contributed by atoms with Crippen LogP contribution < -0.4 is 14.2 Å². The zero-order chi connectivity index (χ0) is 13.1. The molecule has 2 aromatic carbocycles. The van der Waals surface area contributed by atoms with E-state index in [0.717, 1.165) is 17.1 Å². The largest absolute Gasteiger partial charge is 0.488 e. The summed E-state index contributed by atoms with van der Waals surface area (Å²) in [5.74, 6) is 2.07. The molecule has 0 aliphatic carbocycles. The van der Waals surface area contributed by atoms with Crippen LogP contribution in [0.15, 0.2) is 42.5 Å². The Morgan fingerprint density at radius 3 is 2.84 bits per heavy atom. The summed E-state index contributed by atoms with van der Waals surface area (Å²) in [5, 5.41) is 8.98. The lowest BCUT2D eigenvalue weighted by atomic mass is 10.2. The summed E-state index contributed by atoms with van der Waals surface area (Å²) in [5.41, 5.74) is 1.50. The zero-order valence-electron chi connectivity index (χ0n) is 10.1. The van der Waals surface area contributed by atoms with Gasteiger partial charge in [0, 0.05) is 0 Å². The van der Waals surface area contributed by atoms with Crippen LogP contribution in [0.3, 0.4) is 0 Å². The van der Waals surface area contributed by atoms with Crippen molar-refractivity contribution < 1.29 is 14.2 Å². The number of benzene rings is 2. The standard InChI is InChI=1S/C15H11NO3/c16-8-12-3-1-2-4-13(12)17-9-11-5-6-14-15(7-11)19-10-18-14/h1-7H,9-10H2. The van der Waals surface area contributed by atoms with Gasteiger partial charge in [0.25, 0.3) is 0 Å². The third-order valence-corrected chi connectivity index (χ3v) is 2.84. The van der Waals surface area contributed by atoms with Gasteiger partial charge in [-0.05, 0) is 29.8 Å². The van der Waals surface area contributed by atoms with Crippen molar-refractivity contribution >= 4 is 0 Å². The van der Waals surface area contributed by atoms with E-state index in [2.05, 4.69) is 6.07 Å². The normalized spacial score (nSPS) is 11.9. The van der Waals surface area contributed by atoms with Gasteiger partial charge in [0.15, 0.2) is 11.5 Å². The van der Waals surface area contributed by atoms with Gasteiger partial charge in [-0.15, -0.1) is 0 Å². The molecule has 0 aromatic heterocycles. The molecule has 3 rings (SSSR count). The second-order valence-electron chi connectivity index (χ2n) is 4.08. The molecular formula is C15H11NO3. The van der Waals surface area contributed by atoms with Crippen LogP contribution in [0.1, 0.15) is 11.1 Å². The van der Waals surface area contributed by atoms with Crippen LogP contribution in [-0.4, -0.2) is 6.79 Å². The number of nitrogens with zero attached hydrogens (tertiary/aromatic N) is 1. The Hall–Kier alpha value is -2.67. The van der Waals surface area contributed by atoms with Crippen molar-refractivity contribution in [3.63, 3.8) is 0 Å². The van der Waals surface area contributed by atoms with Crippen LogP contribution in [0.4, 0.5) is 0 Å². The van der Waals surface area contributed by atoms with E-state index in [1.165, 1.54) is 0 Å². The van der Waals surface area contributed by atoms with Gasteiger partial charge in [-0.3, -0.25) is 0 Å². The van der Waals surface area contributed by atoms with E-state index in [1.54, 1.807) is 12.1 Å². The second-order valence-corrected chi connectivity index (χ2v) is 4.08. The van der Waals surface area contributed by atoms with Crippen LogP contribution >= 0.6 is 0 Å². The summed E-state index contributed by atoms with van der Waals surface area (Å²) in [6.07, 6.45) is 0. The molecule has 0 unspecified atom stereocenters. The number of hydrogen-bond donors (Lipinski definition) is 0. The molecule has 0 N–H and O–H groups in total. The predicted octanol–water partition coefficient (Wildman–Crippen LogP) is 2.87. The highest BCUT2D eigenvalue weighted by Gasteiger charge is 2.13. The van der Waals surface area contributed by atoms with Gasteiger partial charge in [0.05, 0.1) is 5.56 Å². The maximum absolute atomic E-state index is 8.98. The molecule has 0 saturated carbocycles. The molecule has 4 nitrogen and oxygen atoms in total. The molecule has 1 aliphatic heterocycles. The first-order valence-electron chi connectivity index (χ1n) is 5.87. The first-order valence-corrected chi connectivity index (χ1v) is 5.87. The van der Waals surface area contributed by atoms with Crippen molar-refractivity contribution in [1.29, 1.82) is 5.26 Å². The summed E-state index contributed by atoms with van der Waals surface area (Å²) >= 11 is 0. The lowest BCUT2D eigenvalue weighted by molar-refractivity contribution is 0.174. The molecule has 0 radical (unpaired) electrons. The summed E-state index contributed by atoms with van der Waals surface area (Å²) in [6, 6.07) is 14.9. The molecule has 0 saturated heterocycles. The van der Waals surface area contributed by atoms with Gasteiger partial charge < -0.3 is 14.2 Å². The second kappa shape index (κ2) is 4.91. The maximum Gasteiger partial charge on any atom is 0.231 e. The van der Waals surface area contributed by atoms with Gasteiger partial charge in [0.1, 0.15) is 18.4 Å². The fraction of sp³-hybridized carbons (Fsp3) is 0.133. The van der Waals surface area contributed by atoms with Crippen LogP contribution in [-0.2, 0) is 6.61 Å². The minimum absolute atomic E-state index is 0.261. The van der Waals surface area contributed by atoms with Gasteiger partial charge in [-0.25, -0.2) is 0 Å². The molecule has 0 atom stereocenters. The van der Waals surface area contributed by atoms with E-state index in [-0.39, 0.29) is 6.79 Å². The number of ether oxygens (including phenoxy) is 3. The molecule has 1 heterocycles. The summed E-state index contributed by atoms with van der Waals surface area (Å²) in [4.78, 5) is 0. The van der Waals surface area contributed by atoms with E-state index in [1.807, 2.05) is 30.3 Å². The molecule has 19 heavy (non-hydrogen) atoms. The zero-order valence-corrected chi connectivity index (χ0v) is 10.1. The first kappa shape index (κ1) is 11.4. The molecule has 0 fully saturated rings. The number of fused-ring (bicyclic) bond motifs is 1. The minimum atomic E-state index is 0.261. The quantitative estimate of drug-likeness (QED) is 0.844.